The van der Waals surface area contributed by atoms with E-state index in [1.165, 1.54) is 135 Å². The van der Waals surface area contributed by atoms with Gasteiger partial charge in [0.1, 0.15) is 159 Å². The molecule has 21 aliphatic heterocycles. The van der Waals surface area contributed by atoms with E-state index in [1.807, 2.05) is 0 Å². The molecule has 0 amide bonds. The van der Waals surface area contributed by atoms with E-state index >= 15 is 0 Å². The molecular weight excluding hydrogens is 1340 g/mol. The van der Waals surface area contributed by atoms with Crippen LogP contribution in [0.4, 0.5) is 0 Å². The summed E-state index contributed by atoms with van der Waals surface area (Å²) in [5, 5.41) is 7.85. The van der Waals surface area contributed by atoms with Crippen molar-refractivity contribution in [2.75, 3.05) is 181 Å². The molecule has 578 valence electrons. The molecule has 0 spiro atoms. The van der Waals surface area contributed by atoms with Crippen LogP contribution in [-0.2, 0) is 156 Å². The van der Waals surface area contributed by atoms with Crippen molar-refractivity contribution >= 4 is 0 Å². The van der Waals surface area contributed by atoms with Crippen LogP contribution in [-0.4, -0.2) is 396 Å². The van der Waals surface area contributed by atoms with Crippen LogP contribution in [0.15, 0.2) is 10.2 Å². The summed E-state index contributed by atoms with van der Waals surface area (Å²) >= 11 is 0. The Morgan fingerprint density at radius 3 is 0.480 bits per heavy atom. The first kappa shape index (κ1) is 82.9. The third kappa shape index (κ3) is 18.1. The summed E-state index contributed by atoms with van der Waals surface area (Å²) in [7, 11) is 27.9. The zero-order valence-electron chi connectivity index (χ0n) is 60.3. The number of hydrogen-bond acceptors (Lipinski definition) is 35. The van der Waals surface area contributed by atoms with E-state index in [0.29, 0.717) is 0 Å². The molecule has 39 heteroatoms. The Bertz CT molecular complexity index is 2430. The van der Waals surface area contributed by atoms with Gasteiger partial charge in [-0.2, -0.15) is 0 Å². The number of rotatable bonds is 28. The van der Waals surface area contributed by atoms with E-state index in [1.54, 1.807) is 0 Å². The molecule has 21 saturated heterocycles. The Balaban J connectivity index is 1.25. The van der Waals surface area contributed by atoms with E-state index in [4.69, 9.17) is 156 Å². The van der Waals surface area contributed by atoms with Crippen molar-refractivity contribution in [2.45, 2.75) is 215 Å². The smallest absolute Gasteiger partial charge is 0.187 e. The number of hydrogen-bond donors (Lipinski definition) is 0. The molecule has 0 unspecified atom stereocenters. The van der Waals surface area contributed by atoms with Crippen LogP contribution < -0.4 is 0 Å². The second kappa shape index (κ2) is 40.9. The molecule has 14 bridgehead atoms. The van der Waals surface area contributed by atoms with Crippen molar-refractivity contribution in [2.24, 2.45) is 10.2 Å². The Morgan fingerprint density at radius 2 is 0.350 bits per heavy atom. The van der Waals surface area contributed by atoms with Crippen molar-refractivity contribution < 1.29 is 156 Å². The number of azide groups is 2. The van der Waals surface area contributed by atoms with Crippen molar-refractivity contribution in [1.82, 2.24) is 0 Å². The normalized spacial score (nSPS) is 45.1. The van der Waals surface area contributed by atoms with Gasteiger partial charge in [-0.3, -0.25) is 0 Å². The Hall–Kier alpha value is -2.70. The van der Waals surface area contributed by atoms with E-state index in [0.717, 1.165) is 0 Å². The fraction of sp³-hybridized carbons (Fsp3) is 1.00. The molecule has 35 atom stereocenters. The quantitative estimate of drug-likeness (QED) is 0.0557. The minimum atomic E-state index is -1.40. The lowest BCUT2D eigenvalue weighted by molar-refractivity contribution is -0.402. The minimum absolute atomic E-state index is 0.0607. The second-order valence-corrected chi connectivity index (χ2v) is 24.4. The SMILES string of the molecule is COC[C@@H]1O[C@@H]2O[C@H]3[C@H](OC)[C@@H](OC)[C@@H](O[C@H]4[C@@H](OC)[C@H](OC)[C@@H](O[C@H]5[C@H](OC)[C@H](OC)[C@@H](O[C@H]6[C@H](OC)[C@@H](OC)[C@@H](O[C@H]7[C@H](OC)[C@@H](OC)[C@@H](O[C@H]8[C@H](OC)[C@@H](OC)[C@@H](O[C@H]1[C@H](OC)[C@H]2OC)O[C@H]8COC)O[C@H]7COC)O[C@@H]6COC)O[C@@H]5COC)O[C@@H]4CN=[N+]=[N-])O[C@H]3CN=[N+]=[N-]. The van der Waals surface area contributed by atoms with Gasteiger partial charge in [0.15, 0.2) is 44.0 Å². The zero-order chi connectivity index (χ0) is 72.3. The van der Waals surface area contributed by atoms with Crippen LogP contribution >= 0.6 is 0 Å². The number of ether oxygens (including phenoxy) is 33. The molecule has 0 N–H and O–H groups in total. The van der Waals surface area contributed by atoms with E-state index in [-0.39, 0.29) is 46.1 Å². The molecule has 0 aliphatic carbocycles. The third-order valence-electron chi connectivity index (χ3n) is 19.3. The molecule has 21 heterocycles. The summed E-state index contributed by atoms with van der Waals surface area (Å²) in [6, 6.07) is 0. The molecule has 21 rings (SSSR count). The summed E-state index contributed by atoms with van der Waals surface area (Å²) in [6.45, 7) is -1.09. The molecule has 0 aromatic carbocycles. The predicted octanol–water partition coefficient (Wildman–Crippen LogP) is -0.167. The highest BCUT2D eigenvalue weighted by atomic mass is 16.8. The van der Waals surface area contributed by atoms with Gasteiger partial charge >= 0.3 is 0 Å². The molecule has 39 nitrogen and oxygen atoms in total. The van der Waals surface area contributed by atoms with Crippen LogP contribution in [0.3, 0.4) is 0 Å². The molecule has 0 saturated carbocycles. The van der Waals surface area contributed by atoms with E-state index < -0.39 is 215 Å². The van der Waals surface area contributed by atoms with Crippen LogP contribution in [0, 0.1) is 0 Å². The molecule has 0 aromatic rings. The highest BCUT2D eigenvalue weighted by molar-refractivity contribution is 5.05. The largest absolute Gasteiger partial charge is 0.382 e. The molecule has 0 radical (unpaired) electrons. The van der Waals surface area contributed by atoms with Gasteiger partial charge in [0.2, 0.25) is 0 Å². The summed E-state index contributed by atoms with van der Waals surface area (Å²) in [5.41, 5.74) is 19.7. The average Bonchev–Trinajstić information content (AvgIpc) is 0.769. The zero-order valence-corrected chi connectivity index (χ0v) is 60.3. The van der Waals surface area contributed by atoms with Crippen molar-refractivity contribution in [3.05, 3.63) is 20.9 Å². The van der Waals surface area contributed by atoms with Crippen molar-refractivity contribution in [1.29, 1.82) is 0 Å². The number of methoxy groups -OCH3 is 19. The second-order valence-electron chi connectivity index (χ2n) is 24.4. The summed E-state index contributed by atoms with van der Waals surface area (Å²) < 4.78 is 213. The topological polar surface area (TPSA) is 402 Å². The first-order chi connectivity index (χ1) is 48.7. The van der Waals surface area contributed by atoms with Gasteiger partial charge in [-0.25, -0.2) is 0 Å². The van der Waals surface area contributed by atoms with Gasteiger partial charge < -0.3 is 156 Å². The Kier molecular flexibility index (Phi) is 33.9. The van der Waals surface area contributed by atoms with Crippen molar-refractivity contribution in [3.8, 4) is 0 Å². The lowest BCUT2D eigenvalue weighted by atomic mass is 9.94. The van der Waals surface area contributed by atoms with Gasteiger partial charge in [-0.15, -0.1) is 0 Å². The van der Waals surface area contributed by atoms with E-state index in [2.05, 4.69) is 20.1 Å². The lowest BCUT2D eigenvalue weighted by Gasteiger charge is -2.52. The van der Waals surface area contributed by atoms with Crippen molar-refractivity contribution in [3.63, 3.8) is 0 Å². The Labute approximate surface area is 582 Å². The highest BCUT2D eigenvalue weighted by Gasteiger charge is 2.62. The maximum absolute atomic E-state index is 9.84. The maximum atomic E-state index is 9.84. The maximum Gasteiger partial charge on any atom is 0.187 e. The lowest BCUT2D eigenvalue weighted by Crippen LogP contribution is -2.69. The van der Waals surface area contributed by atoms with Crippen LogP contribution in [0.2, 0.25) is 0 Å². The van der Waals surface area contributed by atoms with E-state index in [9.17, 15) is 11.1 Å². The monoisotopic (exact) mass is 1450 g/mol. The highest BCUT2D eigenvalue weighted by Crippen LogP contribution is 2.43. The minimum Gasteiger partial charge on any atom is -0.382 e. The van der Waals surface area contributed by atoms with Gasteiger partial charge in [0.25, 0.3) is 0 Å². The van der Waals surface area contributed by atoms with Crippen LogP contribution in [0.1, 0.15) is 0 Å². The molecule has 21 fully saturated rings. The average molecular weight is 1450 g/mol. The first-order valence-electron chi connectivity index (χ1n) is 32.7. The third-order valence-corrected chi connectivity index (χ3v) is 19.3. The molecule has 0 aromatic heterocycles. The number of nitrogens with zero attached hydrogens (tertiary/aromatic N) is 6. The summed E-state index contributed by atoms with van der Waals surface area (Å²) in [4.78, 5) is 6.12. The van der Waals surface area contributed by atoms with Crippen LogP contribution in [0.5, 0.6) is 0 Å². The Morgan fingerprint density at radius 1 is 0.210 bits per heavy atom. The van der Waals surface area contributed by atoms with Gasteiger partial charge in [0, 0.05) is 145 Å². The van der Waals surface area contributed by atoms with Gasteiger partial charge in [-0.05, 0) is 11.1 Å². The summed E-state index contributed by atoms with van der Waals surface area (Å²) in [5.74, 6) is 0. The first-order valence-corrected chi connectivity index (χ1v) is 32.7. The fourth-order valence-electron chi connectivity index (χ4n) is 14.8. The molecule has 100 heavy (non-hydrogen) atoms. The fourth-order valence-corrected chi connectivity index (χ4v) is 14.8. The van der Waals surface area contributed by atoms with Gasteiger partial charge in [0.05, 0.1) is 58.3 Å². The molecular formula is C61H106N6O33. The van der Waals surface area contributed by atoms with Crippen LogP contribution in [0.25, 0.3) is 20.9 Å². The predicted molar refractivity (Wildman–Crippen MR) is 333 cm³/mol. The molecule has 21 aliphatic rings. The van der Waals surface area contributed by atoms with Gasteiger partial charge in [-0.1, -0.05) is 10.2 Å². The summed E-state index contributed by atoms with van der Waals surface area (Å²) in [6.07, 6.45) is -38.9. The standard InChI is InChI=1S/C61H106N6O33/c1-68-22-29-36-43(75-8)51(83-16)58(90-29)98-38-31(24-70-3)92-60(53(85-18)45(38)77-10)100-40-33(26-72-5)93-61(54(86-19)47(40)79-12)99-39-32(25-71-4)91-59(52(84-17)46(39)78-11)97-37-30(23-69-2)89-57(50(82-15)44(37)76-9)95-35-28(21-65-67-63)87-55(48(80-13)42(35)74-7)94-34-27(20-64-66-62)88-56(96-36)49(81-14)41(34)73-6/h27-61H,20-26H2,1-19H3/t27-,28+,29-,30+,31-,32+,33+,34-,35-,36-,37-,38-,39-,40-,41-,42+,43+,44+,45+,46+,47+,48-,49+,50-,51+,52-,53-,54-,55-,56-,57-,58-,59-,60-,61-/m1/s1.